The van der Waals surface area contributed by atoms with E-state index in [0.717, 1.165) is 38.9 Å². The van der Waals surface area contributed by atoms with Crippen molar-refractivity contribution in [1.29, 1.82) is 0 Å². The lowest BCUT2D eigenvalue weighted by Gasteiger charge is -2.31. The van der Waals surface area contributed by atoms with Gasteiger partial charge in [0.05, 0.1) is 12.5 Å². The fourth-order valence-electron chi connectivity index (χ4n) is 2.49. The first kappa shape index (κ1) is 8.97. The van der Waals surface area contributed by atoms with Gasteiger partial charge in [0.15, 0.2) is 0 Å². The van der Waals surface area contributed by atoms with E-state index in [9.17, 15) is 4.79 Å². The fraction of sp³-hybridized carbons (Fsp3) is 0.889. The lowest BCUT2D eigenvalue weighted by atomic mass is 9.80. The number of hydrogen-bond donors (Lipinski definition) is 1. The zero-order valence-corrected chi connectivity index (χ0v) is 8.01. The van der Waals surface area contributed by atoms with Gasteiger partial charge in [0.2, 0.25) is 0 Å². The number of hydrogen-bond acceptors (Lipinski definition) is 3. The second-order valence-electron chi connectivity index (χ2n) is 4.05. The minimum atomic E-state index is -0.145. The van der Waals surface area contributed by atoms with Crippen LogP contribution in [0.2, 0.25) is 0 Å². The van der Waals surface area contributed by atoms with E-state index >= 15 is 0 Å². The van der Waals surface area contributed by atoms with Crippen molar-refractivity contribution in [2.75, 3.05) is 26.7 Å². The number of fused-ring (bicyclic) bond motifs is 2. The van der Waals surface area contributed by atoms with E-state index in [4.69, 9.17) is 0 Å². The molecule has 0 aromatic carbocycles. The number of rotatable bonds is 2. The molecule has 74 valence electrons. The van der Waals surface area contributed by atoms with Gasteiger partial charge in [0.25, 0.3) is 5.91 Å². The van der Waals surface area contributed by atoms with Crippen LogP contribution in [0.3, 0.4) is 0 Å². The van der Waals surface area contributed by atoms with Crippen LogP contribution < -0.4 is 5.48 Å². The Balaban J connectivity index is 2.06. The summed E-state index contributed by atoms with van der Waals surface area (Å²) < 4.78 is 0. The van der Waals surface area contributed by atoms with E-state index in [0.29, 0.717) is 0 Å². The molecule has 2 aliphatic heterocycles. The third kappa shape index (κ3) is 1.44. The first-order valence-electron chi connectivity index (χ1n) is 4.83. The van der Waals surface area contributed by atoms with Crippen molar-refractivity contribution in [3.63, 3.8) is 0 Å². The van der Waals surface area contributed by atoms with Gasteiger partial charge in [-0.05, 0) is 32.4 Å². The molecule has 0 aromatic rings. The SMILES string of the molecule is CONC(=O)C12CCCN(CC1)C2. The molecule has 13 heavy (non-hydrogen) atoms. The molecular formula is C9H16N2O2. The zero-order chi connectivity index (χ0) is 9.31. The molecule has 2 unspecified atom stereocenters. The van der Waals surface area contributed by atoms with Crippen molar-refractivity contribution in [3.05, 3.63) is 0 Å². The van der Waals surface area contributed by atoms with Crippen LogP contribution in [-0.4, -0.2) is 37.6 Å². The first-order valence-corrected chi connectivity index (χ1v) is 4.83. The van der Waals surface area contributed by atoms with Crippen LogP contribution in [0.25, 0.3) is 0 Å². The highest BCUT2D eigenvalue weighted by Crippen LogP contribution is 2.39. The highest BCUT2D eigenvalue weighted by atomic mass is 16.6. The number of hydroxylamine groups is 1. The average molecular weight is 184 g/mol. The number of amides is 1. The van der Waals surface area contributed by atoms with Gasteiger partial charge in [-0.25, -0.2) is 5.48 Å². The third-order valence-corrected chi connectivity index (χ3v) is 3.24. The Morgan fingerprint density at radius 2 is 2.31 bits per heavy atom. The molecule has 1 amide bonds. The molecule has 0 radical (unpaired) electrons. The molecule has 2 aliphatic rings. The van der Waals surface area contributed by atoms with E-state index in [1.807, 2.05) is 0 Å². The maximum Gasteiger partial charge on any atom is 0.251 e. The van der Waals surface area contributed by atoms with Crippen LogP contribution in [0.1, 0.15) is 19.3 Å². The van der Waals surface area contributed by atoms with Gasteiger partial charge in [-0.15, -0.1) is 0 Å². The summed E-state index contributed by atoms with van der Waals surface area (Å²) in [4.78, 5) is 18.8. The standard InChI is InChI=1S/C9H16N2O2/c1-13-10-8(12)9-3-2-5-11(7-9)6-4-9/h2-7H2,1H3,(H,10,12). The minimum absolute atomic E-state index is 0.0669. The maximum atomic E-state index is 11.7. The summed E-state index contributed by atoms with van der Waals surface area (Å²) in [5, 5.41) is 0. The van der Waals surface area contributed by atoms with Crippen LogP contribution in [0.15, 0.2) is 0 Å². The van der Waals surface area contributed by atoms with E-state index in [1.165, 1.54) is 7.11 Å². The van der Waals surface area contributed by atoms with Crippen LogP contribution in [0.5, 0.6) is 0 Å². The maximum absolute atomic E-state index is 11.7. The molecule has 2 atom stereocenters. The molecule has 0 aliphatic carbocycles. The fourth-order valence-corrected chi connectivity index (χ4v) is 2.49. The normalized spacial score (nSPS) is 37.5. The zero-order valence-electron chi connectivity index (χ0n) is 8.01. The van der Waals surface area contributed by atoms with Gasteiger partial charge in [0, 0.05) is 6.54 Å². The molecular weight excluding hydrogens is 168 g/mol. The van der Waals surface area contributed by atoms with Crippen molar-refractivity contribution in [1.82, 2.24) is 10.4 Å². The molecule has 0 aromatic heterocycles. The van der Waals surface area contributed by atoms with Crippen molar-refractivity contribution in [3.8, 4) is 0 Å². The number of piperidine rings is 1. The van der Waals surface area contributed by atoms with Crippen molar-refractivity contribution in [2.24, 2.45) is 5.41 Å². The van der Waals surface area contributed by atoms with Gasteiger partial charge in [-0.1, -0.05) is 0 Å². The molecule has 2 heterocycles. The Bertz CT molecular complexity index is 216. The predicted octanol–water partition coefficient (Wildman–Crippen LogP) is 0.150. The van der Waals surface area contributed by atoms with Crippen LogP contribution in [-0.2, 0) is 9.63 Å². The highest BCUT2D eigenvalue weighted by Gasteiger charge is 2.46. The van der Waals surface area contributed by atoms with Crippen molar-refractivity contribution < 1.29 is 9.63 Å². The highest BCUT2D eigenvalue weighted by molar-refractivity contribution is 5.82. The number of nitrogens with zero attached hydrogens (tertiary/aromatic N) is 1. The molecule has 2 bridgehead atoms. The molecule has 2 saturated heterocycles. The largest absolute Gasteiger partial charge is 0.302 e. The Hall–Kier alpha value is -0.610. The molecule has 2 rings (SSSR count). The molecule has 4 nitrogen and oxygen atoms in total. The van der Waals surface area contributed by atoms with Crippen LogP contribution >= 0.6 is 0 Å². The van der Waals surface area contributed by atoms with E-state index in [-0.39, 0.29) is 11.3 Å². The van der Waals surface area contributed by atoms with Crippen molar-refractivity contribution >= 4 is 5.91 Å². The van der Waals surface area contributed by atoms with Gasteiger partial charge < -0.3 is 4.90 Å². The summed E-state index contributed by atoms with van der Waals surface area (Å²) in [6.45, 7) is 3.14. The summed E-state index contributed by atoms with van der Waals surface area (Å²) >= 11 is 0. The first-order chi connectivity index (χ1) is 6.27. The topological polar surface area (TPSA) is 41.6 Å². The van der Waals surface area contributed by atoms with Gasteiger partial charge >= 0.3 is 0 Å². The smallest absolute Gasteiger partial charge is 0.251 e. The minimum Gasteiger partial charge on any atom is -0.302 e. The predicted molar refractivity (Wildman–Crippen MR) is 47.9 cm³/mol. The lowest BCUT2D eigenvalue weighted by molar-refractivity contribution is -0.142. The number of carbonyl (C=O) groups is 1. The van der Waals surface area contributed by atoms with E-state index in [1.54, 1.807) is 0 Å². The molecule has 2 fully saturated rings. The second-order valence-corrected chi connectivity index (χ2v) is 4.05. The van der Waals surface area contributed by atoms with Gasteiger partial charge in [-0.3, -0.25) is 9.63 Å². The summed E-state index contributed by atoms with van der Waals surface area (Å²) in [6.07, 6.45) is 3.14. The third-order valence-electron chi connectivity index (χ3n) is 3.24. The van der Waals surface area contributed by atoms with E-state index < -0.39 is 0 Å². The quantitative estimate of drug-likeness (QED) is 0.621. The monoisotopic (exact) mass is 184 g/mol. The lowest BCUT2D eigenvalue weighted by Crippen LogP contribution is -2.45. The summed E-state index contributed by atoms with van der Waals surface area (Å²) in [6, 6.07) is 0. The van der Waals surface area contributed by atoms with Gasteiger partial charge in [0.1, 0.15) is 0 Å². The summed E-state index contributed by atoms with van der Waals surface area (Å²) in [7, 11) is 1.49. The summed E-state index contributed by atoms with van der Waals surface area (Å²) in [5.41, 5.74) is 2.32. The molecule has 4 heteroatoms. The summed E-state index contributed by atoms with van der Waals surface area (Å²) in [5.74, 6) is 0.0669. The van der Waals surface area contributed by atoms with Crippen molar-refractivity contribution in [2.45, 2.75) is 19.3 Å². The van der Waals surface area contributed by atoms with Crippen LogP contribution in [0, 0.1) is 5.41 Å². The molecule has 0 spiro atoms. The molecule has 1 N–H and O–H groups in total. The Morgan fingerprint density at radius 1 is 1.46 bits per heavy atom. The number of nitrogens with one attached hydrogen (secondary N) is 1. The second kappa shape index (κ2) is 3.27. The van der Waals surface area contributed by atoms with Gasteiger partial charge in [-0.2, -0.15) is 0 Å². The van der Waals surface area contributed by atoms with E-state index in [2.05, 4.69) is 15.2 Å². The Morgan fingerprint density at radius 3 is 3.08 bits per heavy atom. The Labute approximate surface area is 78.2 Å². The average Bonchev–Trinajstić information content (AvgIpc) is 2.44. The number of carbonyl (C=O) groups excluding carboxylic acids is 1. The molecule has 0 saturated carbocycles. The Kier molecular flexibility index (Phi) is 2.26. The van der Waals surface area contributed by atoms with Crippen LogP contribution in [0.4, 0.5) is 0 Å².